The third-order valence-corrected chi connectivity index (χ3v) is 25.2. The summed E-state index contributed by atoms with van der Waals surface area (Å²) in [6.45, 7) is 8.00. The van der Waals surface area contributed by atoms with E-state index >= 15 is 0 Å². The minimum atomic E-state index is -3.92. The molecule has 8 unspecified atom stereocenters. The van der Waals surface area contributed by atoms with Crippen molar-refractivity contribution in [3.63, 3.8) is 0 Å². The van der Waals surface area contributed by atoms with E-state index in [1.807, 2.05) is 173 Å². The van der Waals surface area contributed by atoms with E-state index in [1.54, 1.807) is 0 Å². The maximum atomic E-state index is 9.19. The molecule has 15 aromatic carbocycles. The third-order valence-electron chi connectivity index (χ3n) is 25.2. The molecule has 8 aliphatic heterocycles. The topological polar surface area (TPSA) is 458 Å². The van der Waals surface area contributed by atoms with Crippen molar-refractivity contribution in [1.29, 1.82) is 0 Å². The zero-order valence-corrected chi connectivity index (χ0v) is 81.3. The Balaban J connectivity index is 0.000000147. The number of aromatic nitrogens is 6. The fraction of sp³-hybridized carbons (Fsp3) is 0.140. The summed E-state index contributed by atoms with van der Waals surface area (Å²) in [6.07, 6.45) is -1.03. The Bertz CT molecular complexity index is 9590. The van der Waals surface area contributed by atoms with Gasteiger partial charge in [-0.15, -0.1) is 0 Å². The van der Waals surface area contributed by atoms with Gasteiger partial charge in [0.1, 0.15) is 0 Å². The average Bonchev–Trinajstić information content (AvgIpc) is 1.55. The summed E-state index contributed by atoms with van der Waals surface area (Å²) in [7, 11) is -11.5. The van der Waals surface area contributed by atoms with Gasteiger partial charge in [0.15, 0.2) is 0 Å². The second-order valence-corrected chi connectivity index (χ2v) is 38.6. The zero-order chi connectivity index (χ0) is 97.0. The largest absolute Gasteiger partial charge is 5.00 e. The Kier molecular flexibility index (Phi) is 23.7. The minimum absolute atomic E-state index is 0. The van der Waals surface area contributed by atoms with Crippen molar-refractivity contribution in [2.24, 2.45) is 59.9 Å². The smallest absolute Gasteiger partial charge is 0.748 e. The van der Waals surface area contributed by atoms with Crippen molar-refractivity contribution in [1.82, 2.24) is 29.9 Å². The number of rotatable bonds is 0. The van der Waals surface area contributed by atoms with Gasteiger partial charge in [0, 0.05) is 78.4 Å². The van der Waals surface area contributed by atoms with Gasteiger partial charge in [-0.3, -0.25) is 4.55 Å². The molecule has 36 heteroatoms. The normalized spacial score (nSPS) is 20.1. The molecule has 14 heterocycles. The van der Waals surface area contributed by atoms with Crippen molar-refractivity contribution in [3.8, 4) is 0 Å². The van der Waals surface area contributed by atoms with Crippen molar-refractivity contribution in [3.05, 3.63) is 435 Å². The number of nitrogens with zero attached hydrogens (tertiary/aromatic N) is 22. The predicted molar refractivity (Wildman–Crippen MR) is 533 cm³/mol. The van der Waals surface area contributed by atoms with Gasteiger partial charge in [-0.2, -0.15) is 8.42 Å². The molecular formula is C107H76Fe2N22O9S3-2. The Morgan fingerprint density at radius 1 is 0.231 bits per heavy atom. The van der Waals surface area contributed by atoms with Crippen LogP contribution in [0.1, 0.15) is 96.9 Å². The summed E-state index contributed by atoms with van der Waals surface area (Å²) in [5.74, 6) is -6.25. The summed E-state index contributed by atoms with van der Waals surface area (Å²) in [5.41, 5.74) is 12.2. The molecule has 20 bridgehead atoms. The molecule has 0 aliphatic carbocycles. The van der Waals surface area contributed by atoms with Crippen LogP contribution in [0.25, 0.3) is 140 Å². The van der Waals surface area contributed by atoms with E-state index in [1.165, 1.54) is 0 Å². The molecule has 8 atom stereocenters. The molecule has 0 saturated carbocycles. The quantitative estimate of drug-likeness (QED) is 0.109. The van der Waals surface area contributed by atoms with E-state index in [0.717, 1.165) is 163 Å². The van der Waals surface area contributed by atoms with Crippen LogP contribution in [-0.4, -0.2) is 57.7 Å². The molecule has 8 aliphatic rings. The maximum Gasteiger partial charge on any atom is 5.00 e. The van der Waals surface area contributed by atoms with Gasteiger partial charge < -0.3 is 120 Å². The van der Waals surface area contributed by atoms with Gasteiger partial charge in [0.2, 0.25) is 0 Å². The molecule has 31 nitrogen and oxygen atoms in total. The van der Waals surface area contributed by atoms with Gasteiger partial charge in [0.05, 0.1) is 26.5 Å². The summed E-state index contributed by atoms with van der Waals surface area (Å²) in [5, 5.41) is 42.4. The van der Waals surface area contributed by atoms with E-state index in [9.17, 15) is 8.42 Å². The van der Waals surface area contributed by atoms with Gasteiger partial charge >= 0.3 is 34.1 Å². The van der Waals surface area contributed by atoms with E-state index in [-0.39, 0.29) is 34.1 Å². The van der Waals surface area contributed by atoms with Crippen LogP contribution in [0.15, 0.2) is 363 Å². The molecule has 0 fully saturated rings. The molecule has 2 radical (unpaired) electrons. The Labute approximate surface area is 834 Å². The SMILES string of the molecule is CC.CC.CS(=O)(=O)O.CS(=O)(=O)[O-].CS(=O)(=O)[O-].[Fe+5].[Fe+5].c1ccc2c(c1)C1N=c3[n-]c(c4ccccc34)=NC34N=c5[n-]c(c6ccccc56)=NC2(N=c2[n-]c(c5ccccc25)=NC([N-]3)c2ccccc24)[N-]1.c1ccc2cc3c(cc2c1)C1N=c2[n-]c(c4cc5ccccc5cc24)=NC24N=c5[n-]c(c6cc7ccccc7cc56)=NC3(N=c3[n-]c(c5cc6ccccc6cc35)=NC([N-]2)c2cc3ccccc3cc24)[N-]1. The monoisotopic (exact) mass is 2020 g/mol. The Morgan fingerprint density at radius 2 is 0.392 bits per heavy atom. The molecule has 0 saturated heterocycles. The van der Waals surface area contributed by atoms with Crippen LogP contribution in [0.4, 0.5) is 0 Å². The molecule has 704 valence electrons. The molecule has 4 spiro atoms. The van der Waals surface area contributed by atoms with Crippen LogP contribution in [0, 0.1) is 0 Å². The number of hydrogen-bond donors (Lipinski definition) is 1. The molecule has 1 N–H and O–H groups in total. The van der Waals surface area contributed by atoms with Gasteiger partial charge in [0.25, 0.3) is 10.1 Å². The molecule has 0 amide bonds. The van der Waals surface area contributed by atoms with E-state index in [4.69, 9.17) is 142 Å². The van der Waals surface area contributed by atoms with Crippen molar-refractivity contribution in [2.45, 2.75) is 75.5 Å². The fourth-order valence-electron chi connectivity index (χ4n) is 19.5. The van der Waals surface area contributed by atoms with Gasteiger partial charge in [-0.05, 0) is 200 Å². The molecular weight excluding hydrogens is 1950 g/mol. The van der Waals surface area contributed by atoms with Crippen LogP contribution < -0.4 is 95.8 Å². The average molecular weight is 2020 g/mol. The van der Waals surface area contributed by atoms with Crippen LogP contribution in [-0.2, 0) is 87.6 Å². The van der Waals surface area contributed by atoms with E-state index in [2.05, 4.69) is 158 Å². The number of benzene rings is 15. The second kappa shape index (κ2) is 35.9. The number of hydrogen-bond acceptors (Lipinski definition) is 20. The first-order valence-corrected chi connectivity index (χ1v) is 50.8. The van der Waals surface area contributed by atoms with E-state index < -0.39 is 78.2 Å². The Hall–Kier alpha value is -15.0. The summed E-state index contributed by atoms with van der Waals surface area (Å²) < 4.78 is 80.3. The van der Waals surface area contributed by atoms with Crippen molar-refractivity contribution < 1.29 is 73.0 Å². The fourth-order valence-corrected chi connectivity index (χ4v) is 19.5. The van der Waals surface area contributed by atoms with Gasteiger partial charge in [-0.25, -0.2) is 16.8 Å². The summed E-state index contributed by atoms with van der Waals surface area (Å²) >= 11 is 0. The predicted octanol–water partition coefficient (Wildman–Crippen LogP) is 12.8. The second-order valence-electron chi connectivity index (χ2n) is 34.3. The van der Waals surface area contributed by atoms with Crippen molar-refractivity contribution in [2.75, 3.05) is 18.8 Å². The number of fused-ring (bicyclic) bond motifs is 39. The molecule has 143 heavy (non-hydrogen) atoms. The standard InChI is InChI=1S/C60H32N11.C40H22N11.2C2H6.3CH4O3S.2Fe/c1-3-13-33-23-43-41(21-31(33)11-1)51-61-53(43)66-59-50-30-40-20-10-8-18-38(40)28-48(50)58(71-59)64-52-42-22-32-12-2-4-14-34(32)24-44(42)54(62-52)67-60(49-29-39-19-9-7-17-37(39)27-47(49)57(63-51)70-60)69-56-46-26-36-16-6-5-15-35(36)25-45(46)55(65-56)68-59;1-3-13-23-21(11-1)31-41-33(23)46-39-30-20-10-8-18-28(30)38(51-39)44-32-22-12-2-4-14-24(22)34(42-32)47-40(29-19-9-7-17-27(29)37(43-31)50-40)49-36-26-16-6-5-15-25(26)35(45-36)48-39;2*1-2;3*1-5(2,3)4;;/h1-30,57-58H;1-20,37-38H;2*1-2H3;3*1H3,(H,2,3,4);;/q2*-5;;;;;;2*+5/p-2. The third kappa shape index (κ3) is 16.9. The zero-order valence-electron chi connectivity index (χ0n) is 76.7. The summed E-state index contributed by atoms with van der Waals surface area (Å²) in [6, 6.07) is 103. The van der Waals surface area contributed by atoms with Crippen molar-refractivity contribution >= 4 is 149 Å². The van der Waals surface area contributed by atoms with E-state index in [0.29, 0.717) is 84.6 Å². The maximum absolute atomic E-state index is 9.19. The molecule has 29 rings (SSSR count). The first kappa shape index (κ1) is 94.3. The van der Waals surface area contributed by atoms with Crippen LogP contribution in [0.2, 0.25) is 0 Å². The Morgan fingerprint density at radius 3 is 0.636 bits per heavy atom. The van der Waals surface area contributed by atoms with Crippen LogP contribution in [0.5, 0.6) is 0 Å². The van der Waals surface area contributed by atoms with Crippen LogP contribution in [0.3, 0.4) is 0 Å². The molecule has 6 aromatic heterocycles. The first-order valence-electron chi connectivity index (χ1n) is 45.3. The summed E-state index contributed by atoms with van der Waals surface area (Å²) in [4.78, 5) is 97.7. The first-order chi connectivity index (χ1) is 68.1. The minimum Gasteiger partial charge on any atom is -0.748 e. The van der Waals surface area contributed by atoms with Gasteiger partial charge in [-0.1, -0.05) is 342 Å². The van der Waals surface area contributed by atoms with Crippen LogP contribution >= 0.6 is 0 Å². The molecule has 21 aromatic rings.